The number of allylic oxidation sites excluding steroid dienone is 2. The van der Waals surface area contributed by atoms with Crippen LogP contribution in [0.2, 0.25) is 0 Å². The highest BCUT2D eigenvalue weighted by Crippen LogP contribution is 2.23. The first kappa shape index (κ1) is 7.83. The molecule has 0 unspecified atom stereocenters. The second-order valence-corrected chi connectivity index (χ2v) is 3.17. The molecule has 0 aromatic carbocycles. The van der Waals surface area contributed by atoms with E-state index in [1.54, 1.807) is 11.8 Å². The molecule has 0 saturated carbocycles. The average molecular weight is 128 g/mol. The highest BCUT2D eigenvalue weighted by Gasteiger charge is 1.88. The molecule has 0 amide bonds. The van der Waals surface area contributed by atoms with Gasteiger partial charge in [0.05, 0.1) is 0 Å². The second kappa shape index (κ2) is 3.79. The monoisotopic (exact) mass is 128 g/mol. The number of rotatable bonds is 3. The van der Waals surface area contributed by atoms with Gasteiger partial charge < -0.3 is 0 Å². The van der Waals surface area contributed by atoms with Gasteiger partial charge in [0.2, 0.25) is 0 Å². The van der Waals surface area contributed by atoms with Crippen LogP contribution in [-0.4, -0.2) is 0 Å². The Morgan fingerprint density at radius 3 is 2.12 bits per heavy atom. The predicted octanol–water partition coefficient (Wildman–Crippen LogP) is 3.18. The maximum atomic E-state index is 3.82. The van der Waals surface area contributed by atoms with Crippen molar-refractivity contribution in [3.8, 4) is 0 Å². The average Bonchev–Trinajstić information content (AvgIpc) is 1.65. The Hall–Kier alpha value is -0.170. The van der Waals surface area contributed by atoms with Gasteiger partial charge in [0.15, 0.2) is 0 Å². The molecule has 0 aliphatic carbocycles. The molecule has 0 aliphatic heterocycles. The van der Waals surface area contributed by atoms with Crippen LogP contribution >= 0.6 is 11.8 Å². The first-order chi connectivity index (χ1) is 3.66. The van der Waals surface area contributed by atoms with Crippen LogP contribution in [0.4, 0.5) is 0 Å². The van der Waals surface area contributed by atoms with Gasteiger partial charge in [-0.2, -0.15) is 0 Å². The van der Waals surface area contributed by atoms with Crippen LogP contribution in [0.3, 0.4) is 0 Å². The van der Waals surface area contributed by atoms with Crippen molar-refractivity contribution in [2.45, 2.75) is 20.3 Å². The third-order valence-electron chi connectivity index (χ3n) is 0.713. The van der Waals surface area contributed by atoms with Gasteiger partial charge in [0.25, 0.3) is 0 Å². The lowest BCUT2D eigenvalue weighted by Gasteiger charge is -1.97. The Balaban J connectivity index is 3.40. The van der Waals surface area contributed by atoms with Crippen molar-refractivity contribution >= 4 is 11.8 Å². The normalized spacial score (nSPS) is 8.75. The minimum absolute atomic E-state index is 1.04. The molecule has 0 bridgehead atoms. The molecule has 0 spiro atoms. The molecule has 0 nitrogen and oxygen atoms in total. The standard InChI is InChI=1S/C7H12S/c1-5-7(4)8-6(2)3/h2,4-5H2,1,3H3. The zero-order chi connectivity index (χ0) is 6.57. The Labute approximate surface area is 55.7 Å². The van der Waals surface area contributed by atoms with Crippen molar-refractivity contribution in [1.29, 1.82) is 0 Å². The lowest BCUT2D eigenvalue weighted by Crippen LogP contribution is -1.67. The molecule has 0 aliphatic rings. The van der Waals surface area contributed by atoms with Crippen LogP contribution in [0, 0.1) is 0 Å². The molecule has 0 aromatic heterocycles. The topological polar surface area (TPSA) is 0 Å². The first-order valence-corrected chi connectivity index (χ1v) is 3.49. The smallest absolute Gasteiger partial charge is 0.0180 e. The molecule has 0 fully saturated rings. The zero-order valence-electron chi connectivity index (χ0n) is 5.53. The maximum absolute atomic E-state index is 3.82. The summed E-state index contributed by atoms with van der Waals surface area (Å²) in [6.07, 6.45) is 1.04. The van der Waals surface area contributed by atoms with Crippen molar-refractivity contribution in [3.05, 3.63) is 23.0 Å². The molecule has 0 saturated heterocycles. The summed E-state index contributed by atoms with van der Waals surface area (Å²) in [7, 11) is 0. The summed E-state index contributed by atoms with van der Waals surface area (Å²) in [6, 6.07) is 0. The van der Waals surface area contributed by atoms with Crippen molar-refractivity contribution < 1.29 is 0 Å². The molecule has 0 radical (unpaired) electrons. The van der Waals surface area contributed by atoms with E-state index in [0.717, 1.165) is 11.3 Å². The summed E-state index contributed by atoms with van der Waals surface area (Å²) in [5, 5.41) is 0. The van der Waals surface area contributed by atoms with E-state index in [0.29, 0.717) is 0 Å². The summed E-state index contributed by atoms with van der Waals surface area (Å²) in [4.78, 5) is 2.31. The van der Waals surface area contributed by atoms with Gasteiger partial charge in [-0.1, -0.05) is 20.1 Å². The van der Waals surface area contributed by atoms with Crippen molar-refractivity contribution in [1.82, 2.24) is 0 Å². The predicted molar refractivity (Wildman–Crippen MR) is 41.8 cm³/mol. The molecular formula is C7H12S. The third-order valence-corrected chi connectivity index (χ3v) is 1.64. The van der Waals surface area contributed by atoms with Crippen LogP contribution in [0.1, 0.15) is 20.3 Å². The fourth-order valence-corrected chi connectivity index (χ4v) is 0.956. The molecule has 8 heavy (non-hydrogen) atoms. The quantitative estimate of drug-likeness (QED) is 0.562. The van der Waals surface area contributed by atoms with E-state index in [2.05, 4.69) is 20.1 Å². The zero-order valence-corrected chi connectivity index (χ0v) is 6.35. The van der Waals surface area contributed by atoms with E-state index >= 15 is 0 Å². The van der Waals surface area contributed by atoms with Crippen molar-refractivity contribution in [3.63, 3.8) is 0 Å². The fraction of sp³-hybridized carbons (Fsp3) is 0.429. The summed E-state index contributed by atoms with van der Waals surface area (Å²) >= 11 is 1.67. The number of thioether (sulfide) groups is 1. The molecule has 0 aromatic rings. The largest absolute Gasteiger partial charge is 0.101 e. The SMILES string of the molecule is C=C(C)SC(=C)CC. The molecular weight excluding hydrogens is 116 g/mol. The van der Waals surface area contributed by atoms with Crippen LogP contribution < -0.4 is 0 Å². The lowest BCUT2D eigenvalue weighted by atomic mass is 10.5. The summed E-state index contributed by atoms with van der Waals surface area (Å²) in [6.45, 7) is 11.6. The van der Waals surface area contributed by atoms with E-state index in [1.807, 2.05) is 6.92 Å². The van der Waals surface area contributed by atoms with Crippen LogP contribution in [-0.2, 0) is 0 Å². The third kappa shape index (κ3) is 4.00. The van der Waals surface area contributed by atoms with Crippen molar-refractivity contribution in [2.24, 2.45) is 0 Å². The molecule has 46 valence electrons. The van der Waals surface area contributed by atoms with Gasteiger partial charge in [0.1, 0.15) is 0 Å². The van der Waals surface area contributed by atoms with Gasteiger partial charge in [-0.15, -0.1) is 11.8 Å². The summed E-state index contributed by atoms with van der Waals surface area (Å²) < 4.78 is 0. The highest BCUT2D eigenvalue weighted by atomic mass is 32.2. The van der Waals surface area contributed by atoms with Gasteiger partial charge >= 0.3 is 0 Å². The molecule has 0 heterocycles. The van der Waals surface area contributed by atoms with Gasteiger partial charge in [-0.25, -0.2) is 0 Å². The van der Waals surface area contributed by atoms with E-state index < -0.39 is 0 Å². The number of hydrogen-bond acceptors (Lipinski definition) is 1. The van der Waals surface area contributed by atoms with Crippen LogP contribution in [0.5, 0.6) is 0 Å². The van der Waals surface area contributed by atoms with E-state index in [9.17, 15) is 0 Å². The van der Waals surface area contributed by atoms with E-state index in [1.165, 1.54) is 4.91 Å². The maximum Gasteiger partial charge on any atom is -0.0180 e. The Bertz CT molecular complexity index is 103. The second-order valence-electron chi connectivity index (χ2n) is 1.70. The Morgan fingerprint density at radius 1 is 1.50 bits per heavy atom. The molecule has 1 heteroatoms. The minimum Gasteiger partial charge on any atom is -0.101 e. The molecule has 0 rings (SSSR count). The Morgan fingerprint density at radius 2 is 2.00 bits per heavy atom. The van der Waals surface area contributed by atoms with Gasteiger partial charge in [-0.3, -0.25) is 0 Å². The molecule has 0 atom stereocenters. The number of hydrogen-bond donors (Lipinski definition) is 0. The van der Waals surface area contributed by atoms with E-state index in [-0.39, 0.29) is 0 Å². The van der Waals surface area contributed by atoms with Crippen molar-refractivity contribution in [2.75, 3.05) is 0 Å². The van der Waals surface area contributed by atoms with Crippen LogP contribution in [0.25, 0.3) is 0 Å². The van der Waals surface area contributed by atoms with E-state index in [4.69, 9.17) is 0 Å². The minimum atomic E-state index is 1.04. The lowest BCUT2D eigenvalue weighted by molar-refractivity contribution is 1.21. The summed E-state index contributed by atoms with van der Waals surface area (Å²) in [5.41, 5.74) is 0. The first-order valence-electron chi connectivity index (χ1n) is 2.68. The molecule has 0 N–H and O–H groups in total. The Kier molecular flexibility index (Phi) is 3.71. The van der Waals surface area contributed by atoms with Gasteiger partial charge in [-0.05, 0) is 23.2 Å². The highest BCUT2D eigenvalue weighted by molar-refractivity contribution is 8.06. The fourth-order valence-electron chi connectivity index (χ4n) is 0.319. The van der Waals surface area contributed by atoms with Crippen LogP contribution in [0.15, 0.2) is 23.0 Å². The van der Waals surface area contributed by atoms with Gasteiger partial charge in [0, 0.05) is 0 Å². The summed E-state index contributed by atoms with van der Waals surface area (Å²) in [5.74, 6) is 0.